The number of oxazole rings is 1. The van der Waals surface area contributed by atoms with Crippen molar-refractivity contribution in [3.05, 3.63) is 53.9 Å². The van der Waals surface area contributed by atoms with Gasteiger partial charge in [-0.2, -0.15) is 0 Å². The summed E-state index contributed by atoms with van der Waals surface area (Å²) in [5, 5.41) is 2.40. The minimum Gasteiger partial charge on any atom is -0.444 e. The van der Waals surface area contributed by atoms with Crippen molar-refractivity contribution in [3.63, 3.8) is 0 Å². The number of fused-ring (bicyclic) bond motifs is 1. The predicted molar refractivity (Wildman–Crippen MR) is 82.9 cm³/mol. The summed E-state index contributed by atoms with van der Waals surface area (Å²) in [6, 6.07) is 12.7. The second kappa shape index (κ2) is 4.48. The van der Waals surface area contributed by atoms with E-state index in [9.17, 15) is 0 Å². The summed E-state index contributed by atoms with van der Waals surface area (Å²) in [6.07, 6.45) is 1.77. The summed E-state index contributed by atoms with van der Waals surface area (Å²) >= 11 is 0. The molecule has 102 valence electrons. The lowest BCUT2D eigenvalue weighted by molar-refractivity contribution is 0.544. The van der Waals surface area contributed by atoms with Crippen LogP contribution in [0.1, 0.15) is 32.0 Å². The molecule has 0 atom stereocenters. The van der Waals surface area contributed by atoms with E-state index in [0.717, 1.165) is 11.3 Å². The number of rotatable bonds is 1. The topological polar surface area (TPSA) is 26.0 Å². The van der Waals surface area contributed by atoms with E-state index in [1.165, 1.54) is 16.3 Å². The molecule has 0 radical (unpaired) electrons. The third kappa shape index (κ3) is 2.22. The molecular formula is C18H19NO. The van der Waals surface area contributed by atoms with Gasteiger partial charge in [0.1, 0.15) is 6.26 Å². The Bertz CT molecular complexity index is 762. The fourth-order valence-corrected chi connectivity index (χ4v) is 2.31. The van der Waals surface area contributed by atoms with Crippen LogP contribution in [0, 0.1) is 6.92 Å². The van der Waals surface area contributed by atoms with Crippen LogP contribution in [0.4, 0.5) is 0 Å². The summed E-state index contributed by atoms with van der Waals surface area (Å²) in [5.41, 5.74) is 3.29. The van der Waals surface area contributed by atoms with E-state index in [4.69, 9.17) is 4.42 Å². The Morgan fingerprint density at radius 1 is 1.05 bits per heavy atom. The van der Waals surface area contributed by atoms with Crippen LogP contribution in [0.25, 0.3) is 22.2 Å². The van der Waals surface area contributed by atoms with Gasteiger partial charge in [0, 0.05) is 11.0 Å². The summed E-state index contributed by atoms with van der Waals surface area (Å²) in [6.45, 7) is 8.53. The Balaban J connectivity index is 2.19. The molecule has 0 N–H and O–H groups in total. The molecule has 3 aromatic rings. The zero-order valence-electron chi connectivity index (χ0n) is 12.4. The molecule has 0 saturated carbocycles. The molecule has 3 rings (SSSR count). The fourth-order valence-electron chi connectivity index (χ4n) is 2.31. The van der Waals surface area contributed by atoms with Crippen LogP contribution in [0.2, 0.25) is 0 Å². The van der Waals surface area contributed by atoms with Gasteiger partial charge in [0.15, 0.2) is 0 Å². The largest absolute Gasteiger partial charge is 0.444 e. The van der Waals surface area contributed by atoms with Gasteiger partial charge in [-0.25, -0.2) is 4.98 Å². The minimum atomic E-state index is 0.00223. The van der Waals surface area contributed by atoms with E-state index in [0.29, 0.717) is 5.89 Å². The van der Waals surface area contributed by atoms with Crippen molar-refractivity contribution < 1.29 is 4.42 Å². The Kier molecular flexibility index (Phi) is 2.89. The first-order valence-corrected chi connectivity index (χ1v) is 6.91. The Morgan fingerprint density at radius 3 is 2.55 bits per heavy atom. The first kappa shape index (κ1) is 12.9. The van der Waals surface area contributed by atoms with Gasteiger partial charge >= 0.3 is 0 Å². The zero-order chi connectivity index (χ0) is 14.3. The zero-order valence-corrected chi connectivity index (χ0v) is 12.4. The maximum absolute atomic E-state index is 5.71. The van der Waals surface area contributed by atoms with E-state index in [-0.39, 0.29) is 5.41 Å². The third-order valence-electron chi connectivity index (χ3n) is 3.54. The molecule has 2 nitrogen and oxygen atoms in total. The van der Waals surface area contributed by atoms with Crippen molar-refractivity contribution >= 4 is 10.8 Å². The van der Waals surface area contributed by atoms with Gasteiger partial charge < -0.3 is 4.42 Å². The van der Waals surface area contributed by atoms with Crippen LogP contribution in [0.5, 0.6) is 0 Å². The molecule has 0 saturated heterocycles. The average Bonchev–Trinajstić information content (AvgIpc) is 2.87. The van der Waals surface area contributed by atoms with Crippen molar-refractivity contribution in [3.8, 4) is 11.5 Å². The lowest BCUT2D eigenvalue weighted by atomic mass is 9.93. The highest BCUT2D eigenvalue weighted by molar-refractivity contribution is 5.95. The molecule has 1 heterocycles. The van der Waals surface area contributed by atoms with Gasteiger partial charge in [0.25, 0.3) is 0 Å². The highest BCUT2D eigenvalue weighted by Gasteiger charge is 2.19. The molecule has 2 heteroatoms. The molecule has 0 spiro atoms. The highest BCUT2D eigenvalue weighted by Crippen LogP contribution is 2.31. The summed E-state index contributed by atoms with van der Waals surface area (Å²) in [4.78, 5) is 4.66. The molecule has 0 fully saturated rings. The van der Waals surface area contributed by atoms with Gasteiger partial charge in [0.2, 0.25) is 5.89 Å². The molecule has 0 aliphatic rings. The fraction of sp³-hybridized carbons (Fsp3) is 0.278. The van der Waals surface area contributed by atoms with Crippen LogP contribution in [0.3, 0.4) is 0 Å². The Morgan fingerprint density at radius 2 is 1.85 bits per heavy atom. The summed E-state index contributed by atoms with van der Waals surface area (Å²) in [5.74, 6) is 0.700. The van der Waals surface area contributed by atoms with E-state index >= 15 is 0 Å². The molecular weight excluding hydrogens is 246 g/mol. The van der Waals surface area contributed by atoms with Crippen molar-refractivity contribution in [2.45, 2.75) is 33.1 Å². The third-order valence-corrected chi connectivity index (χ3v) is 3.54. The number of nitrogens with zero attached hydrogens (tertiary/aromatic N) is 1. The minimum absolute atomic E-state index is 0.00223. The molecule has 1 aromatic heterocycles. The van der Waals surface area contributed by atoms with Gasteiger partial charge in [-0.05, 0) is 23.8 Å². The van der Waals surface area contributed by atoms with Gasteiger partial charge in [-0.1, -0.05) is 56.7 Å². The second-order valence-electron chi connectivity index (χ2n) is 6.32. The summed E-state index contributed by atoms with van der Waals surface area (Å²) < 4.78 is 5.71. The number of aromatic nitrogens is 1. The van der Waals surface area contributed by atoms with Crippen LogP contribution in [0.15, 0.2) is 47.1 Å². The van der Waals surface area contributed by atoms with Crippen molar-refractivity contribution in [1.29, 1.82) is 0 Å². The van der Waals surface area contributed by atoms with E-state index < -0.39 is 0 Å². The van der Waals surface area contributed by atoms with Crippen LogP contribution in [-0.2, 0) is 5.41 Å². The summed E-state index contributed by atoms with van der Waals surface area (Å²) in [7, 11) is 0. The molecule has 0 aliphatic heterocycles. The Labute approximate surface area is 119 Å². The van der Waals surface area contributed by atoms with Crippen LogP contribution in [-0.4, -0.2) is 4.98 Å². The molecule has 2 aromatic carbocycles. The van der Waals surface area contributed by atoms with Crippen LogP contribution >= 0.6 is 0 Å². The molecule has 20 heavy (non-hydrogen) atoms. The SMILES string of the molecule is Cc1ccc2cccc(-c3nc(C(C)(C)C)co3)c2c1. The van der Waals surface area contributed by atoms with E-state index in [1.54, 1.807) is 6.26 Å². The molecule has 0 unspecified atom stereocenters. The highest BCUT2D eigenvalue weighted by atomic mass is 16.3. The standard InChI is InChI=1S/C18H19NO/c1-12-8-9-13-6-5-7-14(15(13)10-12)17-19-16(11-20-17)18(2,3)4/h5-11H,1-4H3. The van der Waals surface area contributed by atoms with Crippen molar-refractivity contribution in [2.24, 2.45) is 0 Å². The number of benzene rings is 2. The van der Waals surface area contributed by atoms with Crippen molar-refractivity contribution in [2.75, 3.05) is 0 Å². The van der Waals surface area contributed by atoms with Crippen LogP contribution < -0.4 is 0 Å². The smallest absolute Gasteiger partial charge is 0.226 e. The molecule has 0 bridgehead atoms. The molecule has 0 aliphatic carbocycles. The number of hydrogen-bond donors (Lipinski definition) is 0. The van der Waals surface area contributed by atoms with Crippen molar-refractivity contribution in [1.82, 2.24) is 4.98 Å². The maximum Gasteiger partial charge on any atom is 0.226 e. The van der Waals surface area contributed by atoms with Gasteiger partial charge in [-0.3, -0.25) is 0 Å². The number of hydrogen-bond acceptors (Lipinski definition) is 2. The first-order chi connectivity index (χ1) is 9.45. The second-order valence-corrected chi connectivity index (χ2v) is 6.32. The first-order valence-electron chi connectivity index (χ1n) is 6.91. The van der Waals surface area contributed by atoms with Gasteiger partial charge in [-0.15, -0.1) is 0 Å². The predicted octanol–water partition coefficient (Wildman–Crippen LogP) is 5.10. The van der Waals surface area contributed by atoms with E-state index in [2.05, 4.69) is 63.0 Å². The van der Waals surface area contributed by atoms with Gasteiger partial charge in [0.05, 0.1) is 5.69 Å². The number of aryl methyl sites for hydroxylation is 1. The lowest BCUT2D eigenvalue weighted by Gasteiger charge is -2.13. The molecule has 0 amide bonds. The average molecular weight is 265 g/mol. The maximum atomic E-state index is 5.71. The monoisotopic (exact) mass is 265 g/mol. The van der Waals surface area contributed by atoms with E-state index in [1.807, 2.05) is 6.07 Å². The lowest BCUT2D eigenvalue weighted by Crippen LogP contribution is -2.11. The Hall–Kier alpha value is -2.09. The normalized spacial score (nSPS) is 12.0. The quantitative estimate of drug-likeness (QED) is 0.611.